The molecule has 1 N–H and O–H groups in total. The first-order chi connectivity index (χ1) is 6.16. The highest BCUT2D eigenvalue weighted by Crippen LogP contribution is 2.20. The number of benzene rings is 1. The molecule has 2 radical (unpaired) electrons. The van der Waals surface area contributed by atoms with Crippen molar-refractivity contribution in [2.24, 2.45) is 0 Å². The van der Waals surface area contributed by atoms with E-state index in [1.807, 2.05) is 0 Å². The second-order valence-electron chi connectivity index (χ2n) is 2.62. The smallest absolute Gasteiger partial charge is 0.223 e. The van der Waals surface area contributed by atoms with Gasteiger partial charge in [0.05, 0.1) is 0 Å². The van der Waals surface area contributed by atoms with Gasteiger partial charge in [0.2, 0.25) is 5.28 Å². The van der Waals surface area contributed by atoms with Gasteiger partial charge in [-0.15, -0.1) is 0 Å². The van der Waals surface area contributed by atoms with Gasteiger partial charge in [0.25, 0.3) is 0 Å². The summed E-state index contributed by atoms with van der Waals surface area (Å²) in [4.78, 5) is 7.64. The maximum absolute atomic E-state index is 9.45. The number of rotatable bonds is 0. The molecule has 0 aliphatic carbocycles. The molecule has 2 aromatic rings. The van der Waals surface area contributed by atoms with Crippen LogP contribution in [0.5, 0.6) is 5.75 Å². The molecule has 0 fully saturated rings. The lowest BCUT2D eigenvalue weighted by molar-refractivity contribution is 0.481. The third-order valence-electron chi connectivity index (χ3n) is 1.66. The minimum atomic E-state index is 0.0132. The van der Waals surface area contributed by atoms with Gasteiger partial charge in [-0.1, -0.05) is 11.5 Å². The number of fused-ring (bicyclic) bond motifs is 1. The van der Waals surface area contributed by atoms with E-state index in [1.54, 1.807) is 6.07 Å². The standard InChI is InChI=1S/C8H4BClN2O/c9-5-1-4-3-11-8(10)12-7(4)6(13)2-5/h1-3,13H. The van der Waals surface area contributed by atoms with E-state index in [0.29, 0.717) is 16.4 Å². The first-order valence-electron chi connectivity index (χ1n) is 3.57. The number of aromatic hydroxyl groups is 1. The molecule has 0 amide bonds. The van der Waals surface area contributed by atoms with Gasteiger partial charge in [0.15, 0.2) is 0 Å². The summed E-state index contributed by atoms with van der Waals surface area (Å²) in [6.07, 6.45) is 1.51. The Labute approximate surface area is 80.8 Å². The molecule has 62 valence electrons. The molecular weight excluding hydrogens is 186 g/mol. The van der Waals surface area contributed by atoms with Crippen LogP contribution < -0.4 is 5.46 Å². The van der Waals surface area contributed by atoms with Gasteiger partial charge in [-0.2, -0.15) is 0 Å². The molecule has 0 aliphatic heterocycles. The number of halogens is 1. The van der Waals surface area contributed by atoms with Crippen molar-refractivity contribution >= 4 is 35.8 Å². The van der Waals surface area contributed by atoms with Crippen LogP contribution in [0.1, 0.15) is 0 Å². The highest BCUT2D eigenvalue weighted by atomic mass is 35.5. The Morgan fingerprint density at radius 1 is 1.38 bits per heavy atom. The van der Waals surface area contributed by atoms with Gasteiger partial charge < -0.3 is 5.11 Å². The lowest BCUT2D eigenvalue weighted by atomic mass is 9.94. The summed E-state index contributed by atoms with van der Waals surface area (Å²) in [5.74, 6) is 0.0132. The Morgan fingerprint density at radius 2 is 2.15 bits per heavy atom. The molecule has 0 unspecified atom stereocenters. The van der Waals surface area contributed by atoms with E-state index in [1.165, 1.54) is 12.3 Å². The zero-order valence-electron chi connectivity index (χ0n) is 6.53. The fourth-order valence-corrected chi connectivity index (χ4v) is 1.26. The highest BCUT2D eigenvalue weighted by molar-refractivity contribution is 6.33. The van der Waals surface area contributed by atoms with E-state index >= 15 is 0 Å². The highest BCUT2D eigenvalue weighted by Gasteiger charge is 2.03. The molecule has 1 aromatic heterocycles. The average Bonchev–Trinajstić information content (AvgIpc) is 2.06. The molecule has 0 saturated carbocycles. The number of aromatic nitrogens is 2. The average molecular weight is 190 g/mol. The van der Waals surface area contributed by atoms with Crippen LogP contribution in [-0.4, -0.2) is 22.9 Å². The van der Waals surface area contributed by atoms with Gasteiger partial charge in [0.1, 0.15) is 19.1 Å². The SMILES string of the molecule is [B]c1cc(O)c2nc(Cl)ncc2c1. The largest absolute Gasteiger partial charge is 0.506 e. The van der Waals surface area contributed by atoms with Crippen LogP contribution in [0.2, 0.25) is 5.28 Å². The van der Waals surface area contributed by atoms with E-state index in [0.717, 1.165) is 0 Å². The van der Waals surface area contributed by atoms with Crippen LogP contribution in [0, 0.1) is 0 Å². The summed E-state index contributed by atoms with van der Waals surface area (Å²) in [5.41, 5.74) is 0.880. The Hall–Kier alpha value is -1.29. The molecule has 0 spiro atoms. The van der Waals surface area contributed by atoms with Gasteiger partial charge in [0, 0.05) is 11.6 Å². The predicted molar refractivity (Wildman–Crippen MR) is 51.6 cm³/mol. The Morgan fingerprint density at radius 3 is 2.92 bits per heavy atom. The van der Waals surface area contributed by atoms with Gasteiger partial charge in [-0.25, -0.2) is 9.97 Å². The first-order valence-corrected chi connectivity index (χ1v) is 3.95. The third-order valence-corrected chi connectivity index (χ3v) is 1.84. The first kappa shape index (κ1) is 8.32. The van der Waals surface area contributed by atoms with Crippen LogP contribution in [-0.2, 0) is 0 Å². The molecule has 0 atom stereocenters. The normalized spacial score (nSPS) is 10.5. The summed E-state index contributed by atoms with van der Waals surface area (Å²) < 4.78 is 0. The zero-order chi connectivity index (χ0) is 9.42. The Bertz CT molecular complexity index is 475. The van der Waals surface area contributed by atoms with Crippen LogP contribution in [0.25, 0.3) is 10.9 Å². The molecule has 3 nitrogen and oxygen atoms in total. The minimum Gasteiger partial charge on any atom is -0.506 e. The topological polar surface area (TPSA) is 46.0 Å². The number of phenolic OH excluding ortho intramolecular Hbond substituents is 1. The molecule has 5 heteroatoms. The molecule has 1 heterocycles. The van der Waals surface area contributed by atoms with Crippen molar-refractivity contribution < 1.29 is 5.11 Å². The molecule has 0 aliphatic rings. The summed E-state index contributed by atoms with van der Waals surface area (Å²) in [6.45, 7) is 0. The lowest BCUT2D eigenvalue weighted by Gasteiger charge is -2.01. The number of phenols is 1. The van der Waals surface area contributed by atoms with E-state index in [9.17, 15) is 5.11 Å². The lowest BCUT2D eigenvalue weighted by Crippen LogP contribution is -2.01. The van der Waals surface area contributed by atoms with E-state index < -0.39 is 0 Å². The van der Waals surface area contributed by atoms with Crippen molar-refractivity contribution in [2.45, 2.75) is 0 Å². The fraction of sp³-hybridized carbons (Fsp3) is 0. The third kappa shape index (κ3) is 1.45. The quantitative estimate of drug-likeness (QED) is 0.493. The van der Waals surface area contributed by atoms with Gasteiger partial charge in [-0.3, -0.25) is 0 Å². The summed E-state index contributed by atoms with van der Waals surface area (Å²) in [5, 5.41) is 10.2. The monoisotopic (exact) mass is 190 g/mol. The molecule has 1 aromatic carbocycles. The Balaban J connectivity index is 2.87. The van der Waals surface area contributed by atoms with Crippen LogP contribution in [0.4, 0.5) is 0 Å². The zero-order valence-corrected chi connectivity index (χ0v) is 7.28. The summed E-state index contributed by atoms with van der Waals surface area (Å²) >= 11 is 5.57. The van der Waals surface area contributed by atoms with Crippen molar-refractivity contribution in [3.05, 3.63) is 23.6 Å². The van der Waals surface area contributed by atoms with Crippen molar-refractivity contribution in [1.29, 1.82) is 0 Å². The van der Waals surface area contributed by atoms with Gasteiger partial charge in [-0.05, 0) is 17.7 Å². The van der Waals surface area contributed by atoms with Crippen molar-refractivity contribution in [1.82, 2.24) is 9.97 Å². The maximum Gasteiger partial charge on any atom is 0.223 e. The van der Waals surface area contributed by atoms with E-state index in [-0.39, 0.29) is 11.0 Å². The second-order valence-corrected chi connectivity index (χ2v) is 2.95. The number of hydrogen-bond donors (Lipinski definition) is 1. The fourth-order valence-electron chi connectivity index (χ4n) is 1.13. The molecule has 13 heavy (non-hydrogen) atoms. The van der Waals surface area contributed by atoms with Crippen molar-refractivity contribution in [3.63, 3.8) is 0 Å². The van der Waals surface area contributed by atoms with Gasteiger partial charge >= 0.3 is 0 Å². The number of hydrogen-bond acceptors (Lipinski definition) is 3. The Kier molecular flexibility index (Phi) is 1.85. The second kappa shape index (κ2) is 2.89. The predicted octanol–water partition coefficient (Wildman–Crippen LogP) is 0.783. The minimum absolute atomic E-state index is 0.0132. The molecule has 0 saturated heterocycles. The molecular formula is C8H4BClN2O. The van der Waals surface area contributed by atoms with Crippen LogP contribution >= 0.6 is 11.6 Å². The maximum atomic E-state index is 9.45. The summed E-state index contributed by atoms with van der Waals surface area (Å²) in [7, 11) is 5.51. The van der Waals surface area contributed by atoms with Crippen molar-refractivity contribution in [2.75, 3.05) is 0 Å². The summed E-state index contributed by atoms with van der Waals surface area (Å²) in [6, 6.07) is 3.09. The van der Waals surface area contributed by atoms with E-state index in [2.05, 4.69) is 9.97 Å². The molecule has 2 rings (SSSR count). The van der Waals surface area contributed by atoms with Crippen molar-refractivity contribution in [3.8, 4) is 5.75 Å². The number of nitrogens with zero attached hydrogens (tertiary/aromatic N) is 2. The van der Waals surface area contributed by atoms with E-state index in [4.69, 9.17) is 19.4 Å². The molecule has 0 bridgehead atoms. The van der Waals surface area contributed by atoms with Crippen LogP contribution in [0.3, 0.4) is 0 Å². The van der Waals surface area contributed by atoms with Crippen LogP contribution in [0.15, 0.2) is 18.3 Å².